The van der Waals surface area contributed by atoms with Crippen molar-refractivity contribution < 1.29 is 0 Å². The lowest BCUT2D eigenvalue weighted by molar-refractivity contribution is 0.510. The molecule has 0 saturated heterocycles. The van der Waals surface area contributed by atoms with Gasteiger partial charge in [0.25, 0.3) is 0 Å². The van der Waals surface area contributed by atoms with Gasteiger partial charge in [0.15, 0.2) is 0 Å². The highest BCUT2D eigenvalue weighted by Crippen LogP contribution is 2.61. The van der Waals surface area contributed by atoms with Crippen LogP contribution in [0, 0.1) is 5.41 Å². The summed E-state index contributed by atoms with van der Waals surface area (Å²) in [6.45, 7) is 4.31. The second-order valence-electron chi connectivity index (χ2n) is 4.39. The first-order valence-electron chi connectivity index (χ1n) is 4.36. The monoisotopic (exact) mass is 196 g/mol. The Hall–Kier alpha value is -0.600. The van der Waals surface area contributed by atoms with Gasteiger partial charge in [-0.2, -0.15) is 0 Å². The average Bonchev–Trinajstić information content (AvgIpc) is 2.53. The molecule has 1 aromatic heterocycles. The van der Waals surface area contributed by atoms with Crippen LogP contribution >= 0.6 is 11.6 Å². The van der Waals surface area contributed by atoms with Crippen molar-refractivity contribution in [3.05, 3.63) is 29.0 Å². The van der Waals surface area contributed by atoms with Crippen LogP contribution in [0.25, 0.3) is 0 Å². The Bertz CT molecular complexity index is 349. The van der Waals surface area contributed by atoms with Gasteiger partial charge in [-0.15, -0.1) is 0 Å². The van der Waals surface area contributed by atoms with Gasteiger partial charge in [0.05, 0.1) is 5.02 Å². The summed E-state index contributed by atoms with van der Waals surface area (Å²) in [7, 11) is 0. The molecule has 3 heteroatoms. The second-order valence-corrected chi connectivity index (χ2v) is 4.79. The van der Waals surface area contributed by atoms with Gasteiger partial charge in [-0.1, -0.05) is 25.4 Å². The van der Waals surface area contributed by atoms with Crippen LogP contribution < -0.4 is 5.73 Å². The maximum atomic E-state index is 6.23. The lowest BCUT2D eigenvalue weighted by atomic mass is 9.98. The van der Waals surface area contributed by atoms with Gasteiger partial charge in [0.2, 0.25) is 0 Å². The van der Waals surface area contributed by atoms with E-state index in [9.17, 15) is 0 Å². The molecule has 1 heterocycles. The molecule has 2 N–H and O–H groups in total. The molecule has 70 valence electrons. The summed E-state index contributed by atoms with van der Waals surface area (Å²) in [5.74, 6) is 0. The summed E-state index contributed by atoms with van der Waals surface area (Å²) in [5, 5.41) is 0.676. The van der Waals surface area contributed by atoms with E-state index < -0.39 is 0 Å². The molecule has 1 saturated carbocycles. The zero-order chi connectivity index (χ0) is 9.69. The number of aromatic nitrogens is 1. The Morgan fingerprint density at radius 3 is 2.62 bits per heavy atom. The summed E-state index contributed by atoms with van der Waals surface area (Å²) in [6.07, 6.45) is 4.38. The lowest BCUT2D eigenvalue weighted by Crippen LogP contribution is -2.25. The van der Waals surface area contributed by atoms with Gasteiger partial charge < -0.3 is 5.73 Å². The number of hydrogen-bond acceptors (Lipinski definition) is 2. The van der Waals surface area contributed by atoms with Gasteiger partial charge in [-0.25, -0.2) is 0 Å². The molecule has 2 rings (SSSR count). The van der Waals surface area contributed by atoms with Crippen LogP contribution in [0.5, 0.6) is 0 Å². The molecule has 0 aromatic carbocycles. The van der Waals surface area contributed by atoms with Gasteiger partial charge in [-0.05, 0) is 23.5 Å². The minimum Gasteiger partial charge on any atom is -0.321 e. The fraction of sp³-hybridized carbons (Fsp3) is 0.500. The van der Waals surface area contributed by atoms with Gasteiger partial charge in [0, 0.05) is 17.9 Å². The van der Waals surface area contributed by atoms with E-state index in [2.05, 4.69) is 18.8 Å². The van der Waals surface area contributed by atoms with E-state index in [0.29, 0.717) is 5.02 Å². The topological polar surface area (TPSA) is 38.9 Å². The summed E-state index contributed by atoms with van der Waals surface area (Å²) in [5.41, 5.74) is 7.18. The predicted octanol–water partition coefficient (Wildman–Crippen LogP) is 2.32. The van der Waals surface area contributed by atoms with E-state index >= 15 is 0 Å². The normalized spacial score (nSPS) is 30.2. The van der Waals surface area contributed by atoms with E-state index in [1.165, 1.54) is 0 Å². The van der Waals surface area contributed by atoms with E-state index in [1.807, 2.05) is 6.07 Å². The Morgan fingerprint density at radius 1 is 1.54 bits per heavy atom. The summed E-state index contributed by atoms with van der Waals surface area (Å²) < 4.78 is 0. The first kappa shape index (κ1) is 8.97. The molecule has 1 atom stereocenters. The van der Waals surface area contributed by atoms with Crippen LogP contribution in [-0.4, -0.2) is 4.98 Å². The minimum atomic E-state index is -0.243. The number of rotatable bonds is 1. The SMILES string of the molecule is CC1(C)CC1(N)c1ccncc1Cl. The van der Waals surface area contributed by atoms with Crippen molar-refractivity contribution in [2.24, 2.45) is 11.1 Å². The van der Waals surface area contributed by atoms with Crippen molar-refractivity contribution in [3.63, 3.8) is 0 Å². The third-order valence-corrected chi connectivity index (χ3v) is 3.36. The molecule has 0 radical (unpaired) electrons. The van der Waals surface area contributed by atoms with Crippen LogP contribution in [0.4, 0.5) is 0 Å². The van der Waals surface area contributed by atoms with Crippen molar-refractivity contribution in [1.82, 2.24) is 4.98 Å². The summed E-state index contributed by atoms with van der Waals surface area (Å²) in [4.78, 5) is 3.95. The summed E-state index contributed by atoms with van der Waals surface area (Å²) >= 11 is 6.03. The lowest BCUT2D eigenvalue weighted by Gasteiger charge is -2.16. The van der Waals surface area contributed by atoms with Crippen molar-refractivity contribution in [2.75, 3.05) is 0 Å². The van der Waals surface area contributed by atoms with Gasteiger partial charge >= 0.3 is 0 Å². The van der Waals surface area contributed by atoms with Gasteiger partial charge in [-0.3, -0.25) is 4.98 Å². The molecular formula is C10H13ClN2. The van der Waals surface area contributed by atoms with E-state index in [4.69, 9.17) is 17.3 Å². The Balaban J connectivity index is 2.44. The zero-order valence-electron chi connectivity index (χ0n) is 7.84. The number of nitrogens with zero attached hydrogens (tertiary/aromatic N) is 1. The fourth-order valence-corrected chi connectivity index (χ4v) is 2.14. The molecule has 1 aromatic rings. The van der Waals surface area contributed by atoms with Crippen LogP contribution in [-0.2, 0) is 5.54 Å². The first-order valence-corrected chi connectivity index (χ1v) is 4.74. The molecule has 13 heavy (non-hydrogen) atoms. The molecule has 0 aliphatic heterocycles. The van der Waals surface area contributed by atoms with Crippen molar-refractivity contribution >= 4 is 11.6 Å². The highest BCUT2D eigenvalue weighted by molar-refractivity contribution is 6.31. The zero-order valence-corrected chi connectivity index (χ0v) is 8.60. The molecule has 1 aliphatic rings. The second kappa shape index (κ2) is 2.46. The van der Waals surface area contributed by atoms with Gasteiger partial charge in [0.1, 0.15) is 0 Å². The minimum absolute atomic E-state index is 0.165. The van der Waals surface area contributed by atoms with Crippen LogP contribution in [0.15, 0.2) is 18.5 Å². The Labute approximate surface area is 83.1 Å². The summed E-state index contributed by atoms with van der Waals surface area (Å²) in [6, 6.07) is 1.91. The first-order chi connectivity index (χ1) is 5.97. The standard InChI is InChI=1S/C10H13ClN2/c1-9(2)6-10(9,12)7-3-4-13-5-8(7)11/h3-5H,6,12H2,1-2H3. The average molecular weight is 197 g/mol. The van der Waals surface area contributed by atoms with Crippen molar-refractivity contribution in [1.29, 1.82) is 0 Å². The predicted molar refractivity (Wildman–Crippen MR) is 53.5 cm³/mol. The number of hydrogen-bond donors (Lipinski definition) is 1. The molecule has 0 amide bonds. The van der Waals surface area contributed by atoms with Crippen molar-refractivity contribution in [2.45, 2.75) is 25.8 Å². The van der Waals surface area contributed by atoms with Crippen LogP contribution in [0.2, 0.25) is 5.02 Å². The van der Waals surface area contributed by atoms with E-state index in [0.717, 1.165) is 12.0 Å². The Morgan fingerprint density at radius 2 is 2.15 bits per heavy atom. The maximum Gasteiger partial charge on any atom is 0.0640 e. The highest BCUT2D eigenvalue weighted by atomic mass is 35.5. The third-order valence-electron chi connectivity index (χ3n) is 3.06. The van der Waals surface area contributed by atoms with E-state index in [-0.39, 0.29) is 11.0 Å². The molecule has 1 aliphatic carbocycles. The number of nitrogens with two attached hydrogens (primary N) is 1. The largest absolute Gasteiger partial charge is 0.321 e. The van der Waals surface area contributed by atoms with Crippen molar-refractivity contribution in [3.8, 4) is 0 Å². The smallest absolute Gasteiger partial charge is 0.0640 e. The Kier molecular flexibility index (Phi) is 1.70. The van der Waals surface area contributed by atoms with E-state index in [1.54, 1.807) is 12.4 Å². The fourth-order valence-electron chi connectivity index (χ4n) is 1.85. The molecule has 1 fully saturated rings. The van der Waals surface area contributed by atoms with Crippen LogP contribution in [0.1, 0.15) is 25.8 Å². The molecular weight excluding hydrogens is 184 g/mol. The molecule has 1 unspecified atom stereocenters. The third kappa shape index (κ3) is 1.17. The quantitative estimate of drug-likeness (QED) is 0.749. The van der Waals surface area contributed by atoms with Crippen LogP contribution in [0.3, 0.4) is 0 Å². The highest BCUT2D eigenvalue weighted by Gasteiger charge is 2.60. The molecule has 2 nitrogen and oxygen atoms in total. The number of pyridine rings is 1. The number of halogens is 1. The molecule has 0 bridgehead atoms. The maximum absolute atomic E-state index is 6.23. The molecule has 0 spiro atoms.